The fourth-order valence-electron chi connectivity index (χ4n) is 1.97. The Hall–Kier alpha value is -1.82. The topological polar surface area (TPSA) is 28.7 Å². The SMILES string of the molecule is Cc1cc(-c2nc3cc(Br)c(F)cc3[nH]2)c(F)cc1F. The number of H-pyrrole nitrogens is 1. The van der Waals surface area contributed by atoms with Gasteiger partial charge in [-0.05, 0) is 40.5 Å². The van der Waals surface area contributed by atoms with Crippen LogP contribution in [0.25, 0.3) is 22.4 Å². The maximum atomic E-state index is 13.8. The zero-order valence-electron chi connectivity index (χ0n) is 10.3. The summed E-state index contributed by atoms with van der Waals surface area (Å²) in [4.78, 5) is 7.03. The van der Waals surface area contributed by atoms with Gasteiger partial charge in [-0.2, -0.15) is 0 Å². The maximum absolute atomic E-state index is 13.8. The van der Waals surface area contributed by atoms with Gasteiger partial charge in [0.25, 0.3) is 0 Å². The van der Waals surface area contributed by atoms with Crippen molar-refractivity contribution in [2.75, 3.05) is 0 Å². The third-order valence-corrected chi connectivity index (χ3v) is 3.64. The number of aromatic nitrogens is 2. The van der Waals surface area contributed by atoms with Crippen molar-refractivity contribution in [2.45, 2.75) is 6.92 Å². The van der Waals surface area contributed by atoms with Crippen LogP contribution in [0, 0.1) is 24.4 Å². The highest BCUT2D eigenvalue weighted by Crippen LogP contribution is 2.28. The summed E-state index contributed by atoms with van der Waals surface area (Å²) in [7, 11) is 0. The molecule has 3 aromatic rings. The summed E-state index contributed by atoms with van der Waals surface area (Å²) in [6.07, 6.45) is 0. The number of nitrogens with zero attached hydrogens (tertiary/aromatic N) is 1. The summed E-state index contributed by atoms with van der Waals surface area (Å²) in [5, 5.41) is 0. The Bertz CT molecular complexity index is 788. The lowest BCUT2D eigenvalue weighted by atomic mass is 10.1. The van der Waals surface area contributed by atoms with Gasteiger partial charge >= 0.3 is 0 Å². The number of benzene rings is 2. The number of nitrogens with one attached hydrogen (secondary N) is 1. The Kier molecular flexibility index (Phi) is 3.05. The minimum absolute atomic E-state index is 0.150. The van der Waals surface area contributed by atoms with Crippen LogP contribution in [0.4, 0.5) is 13.2 Å². The molecule has 0 saturated heterocycles. The quantitative estimate of drug-likeness (QED) is 0.682. The number of rotatable bonds is 1. The molecular weight excluding hydrogens is 333 g/mol. The maximum Gasteiger partial charge on any atom is 0.141 e. The van der Waals surface area contributed by atoms with Gasteiger partial charge < -0.3 is 4.98 Å². The predicted octanol–water partition coefficient (Wildman–Crippen LogP) is 4.72. The van der Waals surface area contributed by atoms with E-state index in [-0.39, 0.29) is 15.9 Å². The molecule has 1 N–H and O–H groups in total. The molecule has 0 saturated carbocycles. The van der Waals surface area contributed by atoms with E-state index in [1.54, 1.807) is 0 Å². The van der Waals surface area contributed by atoms with Crippen LogP contribution in [0.1, 0.15) is 5.56 Å². The number of imidazole rings is 1. The molecule has 102 valence electrons. The number of aromatic amines is 1. The van der Waals surface area contributed by atoms with E-state index < -0.39 is 17.5 Å². The first kappa shape index (κ1) is 13.2. The highest BCUT2D eigenvalue weighted by molar-refractivity contribution is 9.10. The lowest BCUT2D eigenvalue weighted by molar-refractivity contribution is 0.579. The van der Waals surface area contributed by atoms with Crippen molar-refractivity contribution in [1.29, 1.82) is 0 Å². The standard InChI is InChI=1S/C14H8BrF3N2/c1-6-2-7(10(17)4-9(6)16)14-19-12-3-8(15)11(18)5-13(12)20-14/h2-5H,1H3,(H,19,20). The van der Waals surface area contributed by atoms with Crippen LogP contribution in [0.15, 0.2) is 28.7 Å². The van der Waals surface area contributed by atoms with Gasteiger partial charge in [0.15, 0.2) is 0 Å². The van der Waals surface area contributed by atoms with Gasteiger partial charge in [0, 0.05) is 12.1 Å². The van der Waals surface area contributed by atoms with Gasteiger partial charge in [-0.15, -0.1) is 0 Å². The first-order valence-corrected chi connectivity index (χ1v) is 6.56. The van der Waals surface area contributed by atoms with Crippen LogP contribution in [0.5, 0.6) is 0 Å². The Labute approximate surface area is 120 Å². The largest absolute Gasteiger partial charge is 0.338 e. The first-order valence-electron chi connectivity index (χ1n) is 5.76. The van der Waals surface area contributed by atoms with E-state index in [0.29, 0.717) is 16.6 Å². The van der Waals surface area contributed by atoms with Crippen LogP contribution in [-0.2, 0) is 0 Å². The second kappa shape index (κ2) is 4.63. The van der Waals surface area contributed by atoms with E-state index in [2.05, 4.69) is 25.9 Å². The molecule has 0 aliphatic carbocycles. The zero-order chi connectivity index (χ0) is 14.4. The molecule has 0 aliphatic rings. The van der Waals surface area contributed by atoms with Crippen molar-refractivity contribution in [3.63, 3.8) is 0 Å². The molecule has 0 amide bonds. The monoisotopic (exact) mass is 340 g/mol. The number of aryl methyl sites for hydroxylation is 1. The fraction of sp³-hybridized carbons (Fsp3) is 0.0714. The molecule has 0 atom stereocenters. The molecule has 0 bridgehead atoms. The smallest absolute Gasteiger partial charge is 0.141 e. The van der Waals surface area contributed by atoms with E-state index in [9.17, 15) is 13.2 Å². The van der Waals surface area contributed by atoms with E-state index in [1.807, 2.05) is 0 Å². The number of fused-ring (bicyclic) bond motifs is 1. The average molecular weight is 341 g/mol. The van der Waals surface area contributed by atoms with Gasteiger partial charge in [-0.3, -0.25) is 0 Å². The van der Waals surface area contributed by atoms with Crippen molar-refractivity contribution < 1.29 is 13.2 Å². The number of hydrogen-bond donors (Lipinski definition) is 1. The lowest BCUT2D eigenvalue weighted by Gasteiger charge is -2.02. The van der Waals surface area contributed by atoms with Gasteiger partial charge in [0.05, 0.1) is 21.1 Å². The van der Waals surface area contributed by atoms with Crippen LogP contribution in [0.3, 0.4) is 0 Å². The number of halogens is 4. The molecule has 2 nitrogen and oxygen atoms in total. The molecule has 0 aliphatic heterocycles. The Morgan fingerprint density at radius 2 is 1.75 bits per heavy atom. The minimum Gasteiger partial charge on any atom is -0.338 e. The summed E-state index contributed by atoms with van der Waals surface area (Å²) in [6, 6.07) is 4.95. The van der Waals surface area contributed by atoms with Crippen LogP contribution >= 0.6 is 15.9 Å². The molecule has 6 heteroatoms. The molecule has 2 aromatic carbocycles. The van der Waals surface area contributed by atoms with Crippen LogP contribution < -0.4 is 0 Å². The van der Waals surface area contributed by atoms with Crippen molar-refractivity contribution in [2.24, 2.45) is 0 Å². The van der Waals surface area contributed by atoms with Gasteiger partial charge in [0.1, 0.15) is 23.3 Å². The van der Waals surface area contributed by atoms with Crippen LogP contribution in [0.2, 0.25) is 0 Å². The van der Waals surface area contributed by atoms with E-state index in [0.717, 1.165) is 6.07 Å². The lowest BCUT2D eigenvalue weighted by Crippen LogP contribution is -1.91. The van der Waals surface area contributed by atoms with Crippen LogP contribution in [-0.4, -0.2) is 9.97 Å². The summed E-state index contributed by atoms with van der Waals surface area (Å²) in [6.45, 7) is 1.54. The summed E-state index contributed by atoms with van der Waals surface area (Å²) in [5.74, 6) is -1.54. The third kappa shape index (κ3) is 2.10. The Balaban J connectivity index is 2.22. The normalized spacial score (nSPS) is 11.2. The molecular formula is C14H8BrF3N2. The minimum atomic E-state index is -0.716. The van der Waals surface area contributed by atoms with E-state index in [4.69, 9.17) is 0 Å². The molecule has 0 spiro atoms. The molecule has 1 aromatic heterocycles. The van der Waals surface area contributed by atoms with Crippen molar-refractivity contribution in [3.05, 3.63) is 51.8 Å². The summed E-state index contributed by atoms with van der Waals surface area (Å²) in [5.41, 5.74) is 1.41. The highest BCUT2D eigenvalue weighted by Gasteiger charge is 2.14. The van der Waals surface area contributed by atoms with Crippen molar-refractivity contribution in [1.82, 2.24) is 9.97 Å². The Morgan fingerprint density at radius 1 is 1.00 bits per heavy atom. The predicted molar refractivity (Wildman–Crippen MR) is 73.8 cm³/mol. The molecule has 0 unspecified atom stereocenters. The molecule has 0 fully saturated rings. The second-order valence-electron chi connectivity index (χ2n) is 4.45. The average Bonchev–Trinajstić information content (AvgIpc) is 2.77. The summed E-state index contributed by atoms with van der Waals surface area (Å²) < 4.78 is 40.8. The van der Waals surface area contributed by atoms with Gasteiger partial charge in [-0.1, -0.05) is 0 Å². The first-order chi connectivity index (χ1) is 9.45. The third-order valence-electron chi connectivity index (χ3n) is 3.03. The van der Waals surface area contributed by atoms with Crippen molar-refractivity contribution >= 4 is 27.0 Å². The number of hydrogen-bond acceptors (Lipinski definition) is 1. The summed E-state index contributed by atoms with van der Waals surface area (Å²) >= 11 is 3.06. The van der Waals surface area contributed by atoms with Gasteiger partial charge in [-0.25, -0.2) is 18.2 Å². The Morgan fingerprint density at radius 3 is 2.50 bits per heavy atom. The second-order valence-corrected chi connectivity index (χ2v) is 5.30. The highest BCUT2D eigenvalue weighted by atomic mass is 79.9. The van der Waals surface area contributed by atoms with E-state index >= 15 is 0 Å². The molecule has 1 heterocycles. The van der Waals surface area contributed by atoms with Crippen molar-refractivity contribution in [3.8, 4) is 11.4 Å². The van der Waals surface area contributed by atoms with E-state index in [1.165, 1.54) is 25.1 Å². The van der Waals surface area contributed by atoms with Gasteiger partial charge in [0.2, 0.25) is 0 Å². The zero-order valence-corrected chi connectivity index (χ0v) is 11.9. The molecule has 0 radical (unpaired) electrons. The molecule has 3 rings (SSSR count). The fourth-order valence-corrected chi connectivity index (χ4v) is 2.30. The molecule has 20 heavy (non-hydrogen) atoms.